The number of carbonyl (C=O) groups is 1. The van der Waals surface area contributed by atoms with E-state index in [9.17, 15) is 9.18 Å². The molecule has 2 aromatic rings. The highest BCUT2D eigenvalue weighted by atomic mass is 19.1. The van der Waals surface area contributed by atoms with Crippen LogP contribution in [0.15, 0.2) is 24.3 Å². The minimum atomic E-state index is -0.387. The number of aromatic nitrogens is 2. The Morgan fingerprint density at radius 1 is 1.21 bits per heavy atom. The average Bonchev–Trinajstić information content (AvgIpc) is 2.64. The van der Waals surface area contributed by atoms with Crippen molar-refractivity contribution in [2.24, 2.45) is 5.92 Å². The molecule has 0 spiro atoms. The summed E-state index contributed by atoms with van der Waals surface area (Å²) in [5.74, 6) is 0.972. The first-order valence-corrected chi connectivity index (χ1v) is 9.74. The molecule has 0 radical (unpaired) electrons. The third kappa shape index (κ3) is 5.18. The van der Waals surface area contributed by atoms with Gasteiger partial charge in [-0.3, -0.25) is 4.79 Å². The number of ether oxygens (including phenoxy) is 1. The SMILES string of the molecule is CCOc1cc(F)ccc1NC(=O)CC1CCN(c2nc(C)cc(C)n2)CC1. The van der Waals surface area contributed by atoms with Crippen molar-refractivity contribution in [3.63, 3.8) is 0 Å². The Kier molecular flexibility index (Phi) is 6.44. The molecule has 0 unspecified atom stereocenters. The zero-order valence-corrected chi connectivity index (χ0v) is 16.7. The first-order valence-electron chi connectivity index (χ1n) is 9.74. The molecule has 2 heterocycles. The van der Waals surface area contributed by atoms with Crippen LogP contribution in [0, 0.1) is 25.6 Å². The molecular weight excluding hydrogens is 359 g/mol. The number of piperidine rings is 1. The van der Waals surface area contributed by atoms with Crippen LogP contribution < -0.4 is 15.0 Å². The maximum Gasteiger partial charge on any atom is 0.225 e. The summed E-state index contributed by atoms with van der Waals surface area (Å²) in [6, 6.07) is 6.12. The number of anilines is 2. The average molecular weight is 386 g/mol. The van der Waals surface area contributed by atoms with E-state index in [1.165, 1.54) is 18.2 Å². The topological polar surface area (TPSA) is 67.3 Å². The molecule has 3 rings (SSSR count). The smallest absolute Gasteiger partial charge is 0.225 e. The van der Waals surface area contributed by atoms with Crippen molar-refractivity contribution in [3.8, 4) is 5.75 Å². The minimum absolute atomic E-state index is 0.0753. The van der Waals surface area contributed by atoms with Crippen molar-refractivity contribution in [2.75, 3.05) is 29.9 Å². The Balaban J connectivity index is 1.54. The Morgan fingerprint density at radius 2 is 1.89 bits per heavy atom. The molecule has 1 N–H and O–H groups in total. The van der Waals surface area contributed by atoms with Gasteiger partial charge in [0.15, 0.2) is 0 Å². The molecule has 28 heavy (non-hydrogen) atoms. The van der Waals surface area contributed by atoms with E-state index in [4.69, 9.17) is 4.74 Å². The lowest BCUT2D eigenvalue weighted by atomic mass is 9.93. The van der Waals surface area contributed by atoms with Crippen molar-refractivity contribution >= 4 is 17.5 Å². The number of halogens is 1. The van der Waals surface area contributed by atoms with Gasteiger partial charge in [0.2, 0.25) is 11.9 Å². The predicted octanol–water partition coefficient (Wildman–Crippen LogP) is 3.88. The van der Waals surface area contributed by atoms with Crippen LogP contribution in [0.1, 0.15) is 37.6 Å². The number of hydrogen-bond donors (Lipinski definition) is 1. The van der Waals surface area contributed by atoms with Crippen LogP contribution in [-0.2, 0) is 4.79 Å². The van der Waals surface area contributed by atoms with Crippen LogP contribution in [0.4, 0.5) is 16.0 Å². The maximum absolute atomic E-state index is 13.4. The third-order valence-corrected chi connectivity index (χ3v) is 4.86. The highest BCUT2D eigenvalue weighted by Gasteiger charge is 2.23. The zero-order valence-electron chi connectivity index (χ0n) is 16.7. The van der Waals surface area contributed by atoms with Crippen LogP contribution in [0.25, 0.3) is 0 Å². The van der Waals surface area contributed by atoms with Crippen LogP contribution in [0.2, 0.25) is 0 Å². The van der Waals surface area contributed by atoms with Gasteiger partial charge in [0.25, 0.3) is 0 Å². The predicted molar refractivity (Wildman–Crippen MR) is 107 cm³/mol. The van der Waals surface area contributed by atoms with Gasteiger partial charge < -0.3 is 15.0 Å². The second-order valence-electron chi connectivity index (χ2n) is 7.21. The highest BCUT2D eigenvalue weighted by Crippen LogP contribution is 2.28. The zero-order chi connectivity index (χ0) is 20.1. The van der Waals surface area contributed by atoms with Crippen LogP contribution in [-0.4, -0.2) is 35.6 Å². The molecule has 1 fully saturated rings. The summed E-state index contributed by atoms with van der Waals surface area (Å²) in [5.41, 5.74) is 2.44. The number of carbonyl (C=O) groups excluding carboxylic acids is 1. The molecule has 1 amide bonds. The quantitative estimate of drug-likeness (QED) is 0.816. The van der Waals surface area contributed by atoms with E-state index < -0.39 is 0 Å². The number of rotatable bonds is 6. The second kappa shape index (κ2) is 8.99. The van der Waals surface area contributed by atoms with E-state index in [0.29, 0.717) is 30.4 Å². The van der Waals surface area contributed by atoms with Crippen LogP contribution in [0.3, 0.4) is 0 Å². The van der Waals surface area contributed by atoms with Crippen molar-refractivity contribution < 1.29 is 13.9 Å². The summed E-state index contributed by atoms with van der Waals surface area (Å²) in [7, 11) is 0. The van der Waals surface area contributed by atoms with Gasteiger partial charge >= 0.3 is 0 Å². The van der Waals surface area contributed by atoms with E-state index in [2.05, 4.69) is 20.2 Å². The maximum atomic E-state index is 13.4. The Bertz CT molecular complexity index is 815. The molecule has 1 saturated heterocycles. The fourth-order valence-electron chi connectivity index (χ4n) is 3.52. The van der Waals surface area contributed by atoms with Gasteiger partial charge in [-0.05, 0) is 57.7 Å². The van der Waals surface area contributed by atoms with Gasteiger partial charge in [-0.2, -0.15) is 0 Å². The van der Waals surface area contributed by atoms with E-state index in [1.54, 1.807) is 0 Å². The van der Waals surface area contributed by atoms with Crippen molar-refractivity contribution in [2.45, 2.75) is 40.0 Å². The van der Waals surface area contributed by atoms with E-state index >= 15 is 0 Å². The van der Waals surface area contributed by atoms with E-state index in [0.717, 1.165) is 43.3 Å². The third-order valence-electron chi connectivity index (χ3n) is 4.86. The lowest BCUT2D eigenvalue weighted by molar-refractivity contribution is -0.117. The van der Waals surface area contributed by atoms with Gasteiger partial charge in [0.05, 0.1) is 12.3 Å². The molecule has 1 aromatic heterocycles. The monoisotopic (exact) mass is 386 g/mol. The van der Waals surface area contributed by atoms with E-state index in [1.807, 2.05) is 26.8 Å². The molecule has 7 heteroatoms. The number of amides is 1. The Hall–Kier alpha value is -2.70. The molecule has 0 aliphatic carbocycles. The number of nitrogens with one attached hydrogen (secondary N) is 1. The molecule has 0 bridgehead atoms. The number of hydrogen-bond acceptors (Lipinski definition) is 5. The molecule has 1 aromatic carbocycles. The van der Waals surface area contributed by atoms with Crippen LogP contribution >= 0.6 is 0 Å². The normalized spacial score (nSPS) is 14.8. The molecule has 6 nitrogen and oxygen atoms in total. The molecule has 1 aliphatic rings. The molecular formula is C21H27FN4O2. The highest BCUT2D eigenvalue weighted by molar-refractivity contribution is 5.92. The Labute approximate surface area is 165 Å². The fraction of sp³-hybridized carbons (Fsp3) is 0.476. The van der Waals surface area contributed by atoms with Gasteiger partial charge in [-0.25, -0.2) is 14.4 Å². The lowest BCUT2D eigenvalue weighted by Crippen LogP contribution is -2.36. The summed E-state index contributed by atoms with van der Waals surface area (Å²) in [5, 5.41) is 2.86. The summed E-state index contributed by atoms with van der Waals surface area (Å²) in [6.07, 6.45) is 2.25. The van der Waals surface area contributed by atoms with Crippen LogP contribution in [0.5, 0.6) is 5.75 Å². The Morgan fingerprint density at radius 3 is 2.54 bits per heavy atom. The summed E-state index contributed by atoms with van der Waals surface area (Å²) in [6.45, 7) is 7.85. The molecule has 0 saturated carbocycles. The minimum Gasteiger partial charge on any atom is -0.492 e. The molecule has 1 aliphatic heterocycles. The van der Waals surface area contributed by atoms with Crippen molar-refractivity contribution in [1.82, 2.24) is 9.97 Å². The summed E-state index contributed by atoms with van der Waals surface area (Å²) >= 11 is 0. The van der Waals surface area contributed by atoms with Gasteiger partial charge in [-0.1, -0.05) is 0 Å². The molecule has 150 valence electrons. The number of benzene rings is 1. The van der Waals surface area contributed by atoms with Gasteiger partial charge in [-0.15, -0.1) is 0 Å². The molecule has 0 atom stereocenters. The van der Waals surface area contributed by atoms with E-state index in [-0.39, 0.29) is 11.7 Å². The van der Waals surface area contributed by atoms with Gasteiger partial charge in [0, 0.05) is 37.0 Å². The fourth-order valence-corrected chi connectivity index (χ4v) is 3.52. The van der Waals surface area contributed by atoms with Gasteiger partial charge in [0.1, 0.15) is 11.6 Å². The standard InChI is InChI=1S/C21H27FN4O2/c1-4-28-19-13-17(22)5-6-18(19)25-20(27)12-16-7-9-26(10-8-16)21-23-14(2)11-15(3)24-21/h5-6,11,13,16H,4,7-10,12H2,1-3H3,(H,25,27). The number of aryl methyl sites for hydroxylation is 2. The summed E-state index contributed by atoms with van der Waals surface area (Å²) < 4.78 is 18.8. The van der Waals surface area contributed by atoms with Crippen molar-refractivity contribution in [1.29, 1.82) is 0 Å². The summed E-state index contributed by atoms with van der Waals surface area (Å²) in [4.78, 5) is 23.7. The lowest BCUT2D eigenvalue weighted by Gasteiger charge is -2.32. The first-order chi connectivity index (χ1) is 13.4. The first kappa shape index (κ1) is 20.0. The van der Waals surface area contributed by atoms with Crippen molar-refractivity contribution in [3.05, 3.63) is 41.5 Å². The number of nitrogens with zero attached hydrogens (tertiary/aromatic N) is 3. The second-order valence-corrected chi connectivity index (χ2v) is 7.21. The largest absolute Gasteiger partial charge is 0.492 e.